The summed E-state index contributed by atoms with van der Waals surface area (Å²) >= 11 is 0. The zero-order valence-corrected chi connectivity index (χ0v) is 8.81. The average molecular weight is 191 g/mol. The molecule has 0 saturated heterocycles. The summed E-state index contributed by atoms with van der Waals surface area (Å²) < 4.78 is 0. The van der Waals surface area contributed by atoms with Crippen LogP contribution < -0.4 is 0 Å². The Balaban J connectivity index is 2.35. The molecule has 76 valence electrons. The lowest BCUT2D eigenvalue weighted by Gasteiger charge is -2.50. The van der Waals surface area contributed by atoms with Crippen molar-refractivity contribution in [2.75, 3.05) is 0 Å². The Morgan fingerprint density at radius 3 is 2.71 bits per heavy atom. The number of hydrogen-bond acceptors (Lipinski definition) is 2. The normalized spacial score (nSPS) is 42.7. The second-order valence-corrected chi connectivity index (χ2v) is 5.18. The van der Waals surface area contributed by atoms with E-state index in [0.29, 0.717) is 18.6 Å². The highest BCUT2D eigenvalue weighted by Gasteiger charge is 2.53. The van der Waals surface area contributed by atoms with Gasteiger partial charge in [0, 0.05) is 12.8 Å². The van der Waals surface area contributed by atoms with Gasteiger partial charge in [0.2, 0.25) is 0 Å². The van der Waals surface area contributed by atoms with Crippen LogP contribution in [-0.2, 0) is 4.79 Å². The van der Waals surface area contributed by atoms with Gasteiger partial charge in [0.15, 0.2) is 0 Å². The largest absolute Gasteiger partial charge is 0.300 e. The van der Waals surface area contributed by atoms with Crippen LogP contribution in [0.3, 0.4) is 0 Å². The smallest absolute Gasteiger partial charge is 0.134 e. The fraction of sp³-hybridized carbons (Fsp3) is 0.833. The number of Topliss-reactive ketones (excluding diaryl/α,β-unsaturated/α-hetero) is 1. The van der Waals surface area contributed by atoms with E-state index in [-0.39, 0.29) is 10.8 Å². The number of carbonyl (C=O) groups excluding carboxylic acids is 1. The molecule has 0 amide bonds. The molecule has 0 radical (unpaired) electrons. The molecule has 2 aliphatic carbocycles. The van der Waals surface area contributed by atoms with Crippen molar-refractivity contribution in [3.63, 3.8) is 0 Å². The van der Waals surface area contributed by atoms with Crippen LogP contribution in [0.5, 0.6) is 0 Å². The van der Waals surface area contributed by atoms with Crippen LogP contribution in [0.15, 0.2) is 0 Å². The van der Waals surface area contributed by atoms with Gasteiger partial charge in [-0.2, -0.15) is 5.26 Å². The summed E-state index contributed by atoms with van der Waals surface area (Å²) in [6, 6.07) is 2.47. The number of nitrogens with zero attached hydrogens (tertiary/aromatic N) is 1. The molecule has 0 spiro atoms. The highest BCUT2D eigenvalue weighted by molar-refractivity contribution is 5.80. The molecule has 2 rings (SSSR count). The van der Waals surface area contributed by atoms with Gasteiger partial charge in [-0.25, -0.2) is 0 Å². The monoisotopic (exact) mass is 191 g/mol. The van der Waals surface area contributed by atoms with Crippen molar-refractivity contribution in [2.24, 2.45) is 10.8 Å². The number of carbonyl (C=O) groups is 1. The predicted octanol–water partition coefficient (Wildman–Crippen LogP) is 2.83. The summed E-state index contributed by atoms with van der Waals surface area (Å²) in [4.78, 5) is 11.5. The van der Waals surface area contributed by atoms with Crippen LogP contribution >= 0.6 is 0 Å². The molecule has 2 aliphatic rings. The van der Waals surface area contributed by atoms with Gasteiger partial charge < -0.3 is 0 Å². The molecule has 2 nitrogen and oxygen atoms in total. The second-order valence-electron chi connectivity index (χ2n) is 5.18. The molecule has 2 saturated carbocycles. The van der Waals surface area contributed by atoms with Crippen LogP contribution in [0.25, 0.3) is 0 Å². The number of rotatable bonds is 0. The third-order valence-electron chi connectivity index (χ3n) is 4.41. The summed E-state index contributed by atoms with van der Waals surface area (Å²) in [5, 5.41) is 9.36. The fourth-order valence-corrected chi connectivity index (χ4v) is 3.22. The molecule has 0 heterocycles. The Morgan fingerprint density at radius 1 is 1.29 bits per heavy atom. The maximum absolute atomic E-state index is 11.5. The minimum absolute atomic E-state index is 0.119. The van der Waals surface area contributed by atoms with Crippen molar-refractivity contribution in [3.05, 3.63) is 0 Å². The maximum Gasteiger partial charge on any atom is 0.134 e. The van der Waals surface area contributed by atoms with E-state index in [2.05, 4.69) is 13.0 Å². The van der Waals surface area contributed by atoms with Crippen molar-refractivity contribution in [2.45, 2.75) is 51.9 Å². The zero-order chi connectivity index (χ0) is 10.2. The highest BCUT2D eigenvalue weighted by atomic mass is 16.1. The summed E-state index contributed by atoms with van der Waals surface area (Å²) in [6.07, 6.45) is 6.56. The zero-order valence-electron chi connectivity index (χ0n) is 8.81. The van der Waals surface area contributed by atoms with Crippen LogP contribution in [0, 0.1) is 22.2 Å². The molecule has 2 heteroatoms. The van der Waals surface area contributed by atoms with E-state index in [4.69, 9.17) is 0 Å². The lowest BCUT2D eigenvalue weighted by atomic mass is 9.51. The van der Waals surface area contributed by atoms with E-state index in [0.717, 1.165) is 25.7 Å². The Labute approximate surface area is 85.3 Å². The fourth-order valence-electron chi connectivity index (χ4n) is 3.22. The van der Waals surface area contributed by atoms with Crippen molar-refractivity contribution in [1.82, 2.24) is 0 Å². The quantitative estimate of drug-likeness (QED) is 0.590. The van der Waals surface area contributed by atoms with Crippen molar-refractivity contribution >= 4 is 5.78 Å². The maximum atomic E-state index is 11.5. The van der Waals surface area contributed by atoms with E-state index < -0.39 is 0 Å². The average Bonchev–Trinajstić information content (AvgIpc) is 2.19. The topological polar surface area (TPSA) is 40.9 Å². The van der Waals surface area contributed by atoms with E-state index in [9.17, 15) is 10.1 Å². The van der Waals surface area contributed by atoms with Crippen LogP contribution in [-0.4, -0.2) is 5.78 Å². The minimum atomic E-state index is -0.319. The Kier molecular flexibility index (Phi) is 2.14. The first kappa shape index (κ1) is 9.71. The van der Waals surface area contributed by atoms with Gasteiger partial charge in [-0.1, -0.05) is 19.8 Å². The molecule has 0 unspecified atom stereocenters. The first-order valence-electron chi connectivity index (χ1n) is 5.55. The van der Waals surface area contributed by atoms with Gasteiger partial charge in [0.25, 0.3) is 0 Å². The summed E-state index contributed by atoms with van der Waals surface area (Å²) in [6.45, 7) is 2.21. The van der Waals surface area contributed by atoms with Crippen LogP contribution in [0.2, 0.25) is 0 Å². The molecule has 0 aliphatic heterocycles. The second kappa shape index (κ2) is 3.08. The lowest BCUT2D eigenvalue weighted by molar-refractivity contribution is -0.129. The molecular weight excluding hydrogens is 174 g/mol. The Morgan fingerprint density at radius 2 is 2.00 bits per heavy atom. The van der Waals surface area contributed by atoms with Gasteiger partial charge in [0.05, 0.1) is 11.5 Å². The SMILES string of the molecule is C[C@]12CCCC[C@]1(C#N)CC(=O)CC2. The Bertz CT molecular complexity index is 304. The van der Waals surface area contributed by atoms with Crippen molar-refractivity contribution < 1.29 is 4.79 Å². The summed E-state index contributed by atoms with van der Waals surface area (Å²) in [7, 11) is 0. The third-order valence-corrected chi connectivity index (χ3v) is 4.41. The molecular formula is C12H17NO. The molecule has 14 heavy (non-hydrogen) atoms. The van der Waals surface area contributed by atoms with Gasteiger partial charge in [-0.3, -0.25) is 4.79 Å². The number of nitriles is 1. The molecule has 2 fully saturated rings. The van der Waals surface area contributed by atoms with Gasteiger partial charge in [-0.15, -0.1) is 0 Å². The van der Waals surface area contributed by atoms with Gasteiger partial charge >= 0.3 is 0 Å². The first-order valence-corrected chi connectivity index (χ1v) is 5.55. The van der Waals surface area contributed by atoms with Gasteiger partial charge in [0.1, 0.15) is 5.78 Å². The van der Waals surface area contributed by atoms with Gasteiger partial charge in [-0.05, 0) is 24.7 Å². The highest BCUT2D eigenvalue weighted by Crippen LogP contribution is 2.57. The number of fused-ring (bicyclic) bond motifs is 1. The molecule has 0 aromatic rings. The standard InChI is InChI=1S/C12H17NO/c1-11-5-2-3-6-12(11,9-13)8-10(14)4-7-11/h2-8H2,1H3/t11-,12-/m1/s1. The summed E-state index contributed by atoms with van der Waals surface area (Å²) in [5.74, 6) is 0.297. The molecule has 0 N–H and O–H groups in total. The molecule has 0 bridgehead atoms. The molecule has 0 aromatic heterocycles. The van der Waals surface area contributed by atoms with Crippen LogP contribution in [0.1, 0.15) is 51.9 Å². The third kappa shape index (κ3) is 1.19. The van der Waals surface area contributed by atoms with E-state index in [1.807, 2.05) is 0 Å². The Hall–Kier alpha value is -0.840. The number of hydrogen-bond donors (Lipinski definition) is 0. The first-order chi connectivity index (χ1) is 6.62. The van der Waals surface area contributed by atoms with Crippen molar-refractivity contribution in [3.8, 4) is 6.07 Å². The lowest BCUT2D eigenvalue weighted by Crippen LogP contribution is -2.46. The summed E-state index contributed by atoms with van der Waals surface area (Å²) in [5.41, 5.74) is -0.200. The van der Waals surface area contributed by atoms with E-state index in [1.165, 1.54) is 6.42 Å². The molecule has 0 aromatic carbocycles. The van der Waals surface area contributed by atoms with E-state index in [1.54, 1.807) is 0 Å². The van der Waals surface area contributed by atoms with Crippen LogP contribution in [0.4, 0.5) is 0 Å². The molecule has 2 atom stereocenters. The van der Waals surface area contributed by atoms with E-state index >= 15 is 0 Å². The predicted molar refractivity (Wildman–Crippen MR) is 53.5 cm³/mol. The minimum Gasteiger partial charge on any atom is -0.300 e. The van der Waals surface area contributed by atoms with Crippen molar-refractivity contribution in [1.29, 1.82) is 5.26 Å². The number of ketones is 1.